The van der Waals surface area contributed by atoms with Gasteiger partial charge in [0.25, 0.3) is 0 Å². The SMILES string of the molecule is Cc1cccc2nc(C(N)CCO)oc12. The highest BCUT2D eigenvalue weighted by atomic mass is 16.3. The monoisotopic (exact) mass is 206 g/mol. The van der Waals surface area contributed by atoms with Gasteiger partial charge in [0.15, 0.2) is 5.58 Å². The van der Waals surface area contributed by atoms with E-state index < -0.39 is 0 Å². The van der Waals surface area contributed by atoms with Crippen LogP contribution in [0.3, 0.4) is 0 Å². The molecule has 0 saturated heterocycles. The van der Waals surface area contributed by atoms with E-state index in [-0.39, 0.29) is 12.6 Å². The minimum absolute atomic E-state index is 0.0405. The first kappa shape index (κ1) is 10.1. The summed E-state index contributed by atoms with van der Waals surface area (Å²) in [5, 5.41) is 8.78. The lowest BCUT2D eigenvalue weighted by atomic mass is 10.2. The lowest BCUT2D eigenvalue weighted by Crippen LogP contribution is -2.11. The van der Waals surface area contributed by atoms with Crippen molar-refractivity contribution in [3.05, 3.63) is 29.7 Å². The van der Waals surface area contributed by atoms with E-state index in [4.69, 9.17) is 15.3 Å². The number of nitrogens with zero attached hydrogens (tertiary/aromatic N) is 1. The lowest BCUT2D eigenvalue weighted by Gasteiger charge is -2.02. The Labute approximate surface area is 87.7 Å². The first-order valence-corrected chi connectivity index (χ1v) is 4.95. The fraction of sp³-hybridized carbons (Fsp3) is 0.364. The molecule has 0 spiro atoms. The molecule has 0 saturated carbocycles. The number of rotatable bonds is 3. The Balaban J connectivity index is 2.43. The van der Waals surface area contributed by atoms with Gasteiger partial charge in [-0.3, -0.25) is 0 Å². The van der Waals surface area contributed by atoms with Crippen LogP contribution in [0.15, 0.2) is 22.6 Å². The van der Waals surface area contributed by atoms with E-state index >= 15 is 0 Å². The van der Waals surface area contributed by atoms with Gasteiger partial charge in [-0.2, -0.15) is 0 Å². The van der Waals surface area contributed by atoms with Crippen molar-refractivity contribution >= 4 is 11.1 Å². The maximum Gasteiger partial charge on any atom is 0.212 e. The minimum atomic E-state index is -0.332. The van der Waals surface area contributed by atoms with Crippen LogP contribution in [0.5, 0.6) is 0 Å². The molecule has 1 atom stereocenters. The van der Waals surface area contributed by atoms with Crippen LogP contribution in [-0.2, 0) is 0 Å². The predicted octanol–water partition coefficient (Wildman–Crippen LogP) is 1.52. The summed E-state index contributed by atoms with van der Waals surface area (Å²) in [7, 11) is 0. The molecule has 2 aromatic rings. The summed E-state index contributed by atoms with van der Waals surface area (Å²) in [6.45, 7) is 2.01. The van der Waals surface area contributed by atoms with Gasteiger partial charge < -0.3 is 15.3 Å². The Morgan fingerprint density at radius 2 is 2.33 bits per heavy atom. The van der Waals surface area contributed by atoms with Crippen molar-refractivity contribution in [3.63, 3.8) is 0 Å². The van der Waals surface area contributed by atoms with E-state index in [0.717, 1.165) is 16.7 Å². The molecule has 0 bridgehead atoms. The zero-order valence-corrected chi connectivity index (χ0v) is 8.60. The molecule has 80 valence electrons. The van der Waals surface area contributed by atoms with Gasteiger partial charge in [-0.25, -0.2) is 4.98 Å². The molecule has 3 N–H and O–H groups in total. The Morgan fingerprint density at radius 1 is 1.53 bits per heavy atom. The maximum atomic E-state index is 8.78. The van der Waals surface area contributed by atoms with Gasteiger partial charge in [-0.15, -0.1) is 0 Å². The normalized spacial score (nSPS) is 13.3. The average Bonchev–Trinajstić information content (AvgIpc) is 2.63. The number of para-hydroxylation sites is 1. The fourth-order valence-electron chi connectivity index (χ4n) is 1.53. The second-order valence-electron chi connectivity index (χ2n) is 3.59. The summed E-state index contributed by atoms with van der Waals surface area (Å²) >= 11 is 0. The molecule has 0 radical (unpaired) electrons. The quantitative estimate of drug-likeness (QED) is 0.798. The van der Waals surface area contributed by atoms with E-state index in [1.54, 1.807) is 0 Å². The smallest absolute Gasteiger partial charge is 0.212 e. The highest BCUT2D eigenvalue weighted by Gasteiger charge is 2.13. The Kier molecular flexibility index (Phi) is 2.70. The van der Waals surface area contributed by atoms with Crippen molar-refractivity contribution in [2.75, 3.05) is 6.61 Å². The molecule has 0 fully saturated rings. The summed E-state index contributed by atoms with van der Waals surface area (Å²) in [6, 6.07) is 5.46. The summed E-state index contributed by atoms with van der Waals surface area (Å²) < 4.78 is 5.57. The third kappa shape index (κ3) is 1.86. The minimum Gasteiger partial charge on any atom is -0.439 e. The van der Waals surface area contributed by atoms with Crippen molar-refractivity contribution in [2.24, 2.45) is 5.73 Å². The molecular formula is C11H14N2O2. The van der Waals surface area contributed by atoms with Gasteiger partial charge in [0.2, 0.25) is 5.89 Å². The number of benzene rings is 1. The summed E-state index contributed by atoms with van der Waals surface area (Å²) in [4.78, 5) is 4.29. The van der Waals surface area contributed by atoms with Crippen LogP contribution < -0.4 is 5.73 Å². The van der Waals surface area contributed by atoms with Crippen LogP contribution in [0.1, 0.15) is 23.9 Å². The van der Waals surface area contributed by atoms with E-state index in [0.29, 0.717) is 12.3 Å². The summed E-state index contributed by atoms with van der Waals surface area (Å²) in [5.41, 5.74) is 8.44. The number of nitrogens with two attached hydrogens (primary N) is 1. The van der Waals surface area contributed by atoms with Crippen LogP contribution in [0.2, 0.25) is 0 Å². The maximum absolute atomic E-state index is 8.78. The molecule has 15 heavy (non-hydrogen) atoms. The van der Waals surface area contributed by atoms with Gasteiger partial charge in [0.1, 0.15) is 5.52 Å². The zero-order valence-electron chi connectivity index (χ0n) is 8.60. The molecule has 0 aliphatic heterocycles. The van der Waals surface area contributed by atoms with E-state index in [9.17, 15) is 0 Å². The van der Waals surface area contributed by atoms with Crippen LogP contribution in [-0.4, -0.2) is 16.7 Å². The standard InChI is InChI=1S/C11H14N2O2/c1-7-3-2-4-9-10(7)15-11(13-9)8(12)5-6-14/h2-4,8,14H,5-6,12H2,1H3. The molecule has 1 aromatic carbocycles. The molecule has 0 amide bonds. The van der Waals surface area contributed by atoms with Gasteiger partial charge in [0.05, 0.1) is 6.04 Å². The Morgan fingerprint density at radius 3 is 3.00 bits per heavy atom. The number of aliphatic hydroxyl groups is 1. The number of hydrogen-bond acceptors (Lipinski definition) is 4. The largest absolute Gasteiger partial charge is 0.439 e. The van der Waals surface area contributed by atoms with Gasteiger partial charge in [0, 0.05) is 6.61 Å². The van der Waals surface area contributed by atoms with Crippen molar-refractivity contribution in [2.45, 2.75) is 19.4 Å². The molecule has 0 aliphatic rings. The number of aromatic nitrogens is 1. The number of aliphatic hydroxyl groups excluding tert-OH is 1. The molecule has 4 nitrogen and oxygen atoms in total. The molecule has 2 rings (SSSR count). The summed E-state index contributed by atoms with van der Waals surface area (Å²) in [5.74, 6) is 0.494. The summed E-state index contributed by atoms with van der Waals surface area (Å²) in [6.07, 6.45) is 0.464. The highest BCUT2D eigenvalue weighted by molar-refractivity contribution is 5.76. The molecule has 4 heteroatoms. The highest BCUT2D eigenvalue weighted by Crippen LogP contribution is 2.22. The number of aryl methyl sites for hydroxylation is 1. The van der Waals surface area contributed by atoms with Crippen molar-refractivity contribution in [1.82, 2.24) is 4.98 Å². The molecule has 1 unspecified atom stereocenters. The van der Waals surface area contributed by atoms with Gasteiger partial charge in [-0.1, -0.05) is 12.1 Å². The zero-order chi connectivity index (χ0) is 10.8. The topological polar surface area (TPSA) is 72.3 Å². The second kappa shape index (κ2) is 4.00. The van der Waals surface area contributed by atoms with Gasteiger partial charge >= 0.3 is 0 Å². The first-order chi connectivity index (χ1) is 7.22. The Hall–Kier alpha value is -1.39. The molecule has 0 aliphatic carbocycles. The van der Waals surface area contributed by atoms with E-state index in [2.05, 4.69) is 4.98 Å². The van der Waals surface area contributed by atoms with Gasteiger partial charge in [-0.05, 0) is 25.0 Å². The van der Waals surface area contributed by atoms with Crippen LogP contribution in [0, 0.1) is 6.92 Å². The molecular weight excluding hydrogens is 192 g/mol. The van der Waals surface area contributed by atoms with Crippen molar-refractivity contribution in [3.8, 4) is 0 Å². The van der Waals surface area contributed by atoms with Crippen LogP contribution in [0.25, 0.3) is 11.1 Å². The lowest BCUT2D eigenvalue weighted by molar-refractivity contribution is 0.268. The van der Waals surface area contributed by atoms with Crippen molar-refractivity contribution < 1.29 is 9.52 Å². The predicted molar refractivity (Wildman–Crippen MR) is 57.4 cm³/mol. The second-order valence-corrected chi connectivity index (χ2v) is 3.59. The molecule has 1 aromatic heterocycles. The number of oxazole rings is 1. The first-order valence-electron chi connectivity index (χ1n) is 4.95. The average molecular weight is 206 g/mol. The number of hydrogen-bond donors (Lipinski definition) is 2. The van der Waals surface area contributed by atoms with Crippen LogP contribution >= 0.6 is 0 Å². The molecule has 1 heterocycles. The third-order valence-corrected chi connectivity index (χ3v) is 2.39. The third-order valence-electron chi connectivity index (χ3n) is 2.39. The Bertz CT molecular complexity index is 465. The van der Waals surface area contributed by atoms with Crippen LogP contribution in [0.4, 0.5) is 0 Å². The fourth-order valence-corrected chi connectivity index (χ4v) is 1.53. The van der Waals surface area contributed by atoms with Crippen molar-refractivity contribution in [1.29, 1.82) is 0 Å². The van der Waals surface area contributed by atoms with E-state index in [1.165, 1.54) is 0 Å². The van der Waals surface area contributed by atoms with E-state index in [1.807, 2.05) is 25.1 Å². The number of fused-ring (bicyclic) bond motifs is 1.